The van der Waals surface area contributed by atoms with Gasteiger partial charge in [-0.2, -0.15) is 0 Å². The van der Waals surface area contributed by atoms with E-state index in [1.807, 2.05) is 17.7 Å². The summed E-state index contributed by atoms with van der Waals surface area (Å²) in [6.45, 7) is 5.63. The molecule has 2 aromatic rings. The van der Waals surface area contributed by atoms with Crippen molar-refractivity contribution in [2.24, 2.45) is 0 Å². The van der Waals surface area contributed by atoms with Crippen molar-refractivity contribution in [3.8, 4) is 0 Å². The van der Waals surface area contributed by atoms with Gasteiger partial charge in [-0.05, 0) is 31.2 Å². The third-order valence-electron chi connectivity index (χ3n) is 4.79. The van der Waals surface area contributed by atoms with E-state index in [9.17, 15) is 0 Å². The van der Waals surface area contributed by atoms with Gasteiger partial charge in [0.2, 0.25) is 17.0 Å². The minimum atomic E-state index is 0.843. The van der Waals surface area contributed by atoms with Gasteiger partial charge in [0.25, 0.3) is 0 Å². The van der Waals surface area contributed by atoms with Gasteiger partial charge in [0.15, 0.2) is 0 Å². The van der Waals surface area contributed by atoms with Gasteiger partial charge in [-0.1, -0.05) is 4.98 Å². The van der Waals surface area contributed by atoms with E-state index >= 15 is 0 Å². The molecule has 2 aromatic heterocycles. The zero-order valence-electron chi connectivity index (χ0n) is 12.9. The first kappa shape index (κ1) is 14.4. The molecule has 0 aromatic carbocycles. The average Bonchev–Trinajstić information content (AvgIpc) is 2.94. The highest BCUT2D eigenvalue weighted by Crippen LogP contribution is 2.36. The zero-order valence-corrected chi connectivity index (χ0v) is 13.7. The Bertz CT molecular complexity index is 678. The summed E-state index contributed by atoms with van der Waals surface area (Å²) < 4.78 is 7.53. The number of anilines is 1. The highest BCUT2D eigenvalue weighted by molar-refractivity contribution is 7.18. The molecule has 4 rings (SSSR count). The minimum Gasteiger partial charge on any atom is -0.379 e. The van der Waals surface area contributed by atoms with Gasteiger partial charge in [-0.25, -0.2) is 4.57 Å². The van der Waals surface area contributed by atoms with Gasteiger partial charge in [0, 0.05) is 24.5 Å². The summed E-state index contributed by atoms with van der Waals surface area (Å²) in [5.74, 6) is 0.901. The lowest BCUT2D eigenvalue weighted by atomic mass is 9.97. The van der Waals surface area contributed by atoms with E-state index in [2.05, 4.69) is 14.5 Å². The monoisotopic (exact) mass is 319 g/mol. The number of aromatic nitrogens is 2. The van der Waals surface area contributed by atoms with Crippen molar-refractivity contribution in [2.75, 3.05) is 38.6 Å². The lowest BCUT2D eigenvalue weighted by Gasteiger charge is -2.26. The molecule has 118 valence electrons. The molecule has 1 aliphatic heterocycles. The Kier molecular flexibility index (Phi) is 3.98. The first-order chi connectivity index (χ1) is 10.8. The number of nitrogens with zero attached hydrogens (tertiary/aromatic N) is 3. The Morgan fingerprint density at radius 2 is 2.09 bits per heavy atom. The molecule has 0 amide bonds. The van der Waals surface area contributed by atoms with Crippen molar-refractivity contribution < 1.29 is 9.30 Å². The third-order valence-corrected chi connectivity index (χ3v) is 5.99. The van der Waals surface area contributed by atoms with E-state index in [1.54, 1.807) is 0 Å². The number of rotatable bonds is 3. The van der Waals surface area contributed by atoms with Gasteiger partial charge in [0.1, 0.15) is 5.39 Å². The van der Waals surface area contributed by atoms with E-state index in [0.717, 1.165) is 56.5 Å². The second kappa shape index (κ2) is 6.10. The Labute approximate surface area is 134 Å². The smallest absolute Gasteiger partial charge is 0.231 e. The van der Waals surface area contributed by atoms with Crippen molar-refractivity contribution in [3.05, 3.63) is 16.8 Å². The fourth-order valence-corrected chi connectivity index (χ4v) is 4.72. The molecule has 1 saturated heterocycles. The summed E-state index contributed by atoms with van der Waals surface area (Å²) in [5, 5.41) is 1.23. The van der Waals surface area contributed by atoms with Gasteiger partial charge in [-0.15, -0.1) is 11.3 Å². The summed E-state index contributed by atoms with van der Waals surface area (Å²) >= 11 is 1.84. The molecule has 0 saturated carbocycles. The van der Waals surface area contributed by atoms with Crippen molar-refractivity contribution >= 4 is 27.4 Å². The number of ether oxygens (including phenoxy) is 1. The summed E-state index contributed by atoms with van der Waals surface area (Å²) in [4.78, 5) is 9.73. The molecule has 6 heteroatoms. The molecule has 1 fully saturated rings. The predicted molar refractivity (Wildman–Crippen MR) is 88.1 cm³/mol. The van der Waals surface area contributed by atoms with Crippen LogP contribution in [0.2, 0.25) is 0 Å². The maximum Gasteiger partial charge on any atom is 0.231 e. The molecule has 0 radical (unpaired) electrons. The third kappa shape index (κ3) is 2.59. The normalized spacial score (nSPS) is 19.5. The SMILES string of the molecule is Nc1c2c3c(sc2nc[n+]1CCN1CCOCC1)CCCC3. The predicted octanol–water partition coefficient (Wildman–Crippen LogP) is 1.38. The van der Waals surface area contributed by atoms with Crippen molar-refractivity contribution in [1.29, 1.82) is 0 Å². The van der Waals surface area contributed by atoms with Crippen LogP contribution in [0.3, 0.4) is 0 Å². The van der Waals surface area contributed by atoms with Gasteiger partial charge in [-0.3, -0.25) is 4.90 Å². The quantitative estimate of drug-likeness (QED) is 0.869. The molecule has 1 aliphatic carbocycles. The fourth-order valence-electron chi connectivity index (χ4n) is 3.49. The molecule has 5 nitrogen and oxygen atoms in total. The first-order valence-electron chi connectivity index (χ1n) is 8.21. The van der Waals surface area contributed by atoms with Crippen LogP contribution in [0.4, 0.5) is 5.82 Å². The maximum absolute atomic E-state index is 6.49. The van der Waals surface area contributed by atoms with E-state index in [0.29, 0.717) is 0 Å². The lowest BCUT2D eigenvalue weighted by Crippen LogP contribution is -2.46. The van der Waals surface area contributed by atoms with Crippen LogP contribution in [0.15, 0.2) is 6.33 Å². The lowest BCUT2D eigenvalue weighted by molar-refractivity contribution is -0.684. The van der Waals surface area contributed by atoms with Crippen LogP contribution in [0, 0.1) is 0 Å². The van der Waals surface area contributed by atoms with Crippen LogP contribution in [-0.4, -0.2) is 42.7 Å². The van der Waals surface area contributed by atoms with Crippen LogP contribution >= 0.6 is 11.3 Å². The number of nitrogens with two attached hydrogens (primary N) is 1. The number of morpholine rings is 1. The highest BCUT2D eigenvalue weighted by Gasteiger charge is 2.23. The molecule has 0 unspecified atom stereocenters. The number of hydrogen-bond acceptors (Lipinski definition) is 5. The molecule has 0 atom stereocenters. The molecule has 0 spiro atoms. The number of thiophene rings is 1. The Morgan fingerprint density at radius 3 is 2.95 bits per heavy atom. The molecule has 0 bridgehead atoms. The van der Waals surface area contributed by atoms with Gasteiger partial charge < -0.3 is 10.5 Å². The number of aryl methyl sites for hydroxylation is 2. The molecule has 3 heterocycles. The molecule has 2 N–H and O–H groups in total. The van der Waals surface area contributed by atoms with E-state index < -0.39 is 0 Å². The largest absolute Gasteiger partial charge is 0.379 e. The zero-order chi connectivity index (χ0) is 14.9. The highest BCUT2D eigenvalue weighted by atomic mass is 32.1. The summed E-state index contributed by atoms with van der Waals surface area (Å²) in [5.41, 5.74) is 7.96. The van der Waals surface area contributed by atoms with E-state index in [1.165, 1.54) is 35.1 Å². The average molecular weight is 319 g/mol. The van der Waals surface area contributed by atoms with Gasteiger partial charge >= 0.3 is 0 Å². The Hall–Kier alpha value is -1.24. The fraction of sp³-hybridized carbons (Fsp3) is 0.625. The van der Waals surface area contributed by atoms with Crippen LogP contribution in [0.1, 0.15) is 23.3 Å². The second-order valence-corrected chi connectivity index (χ2v) is 7.25. The summed E-state index contributed by atoms with van der Waals surface area (Å²) in [7, 11) is 0. The van der Waals surface area contributed by atoms with Crippen molar-refractivity contribution in [1.82, 2.24) is 9.88 Å². The molecular weight excluding hydrogens is 296 g/mol. The van der Waals surface area contributed by atoms with Crippen molar-refractivity contribution in [3.63, 3.8) is 0 Å². The standard InChI is InChI=1S/C16H22N4OS/c17-15-14-12-3-1-2-4-13(12)22-16(14)18-11-20(15)6-5-19-7-9-21-10-8-19/h11,17H,1-10H2/p+1. The first-order valence-corrected chi connectivity index (χ1v) is 9.03. The van der Waals surface area contributed by atoms with E-state index in [4.69, 9.17) is 10.5 Å². The number of fused-ring (bicyclic) bond motifs is 3. The Balaban J connectivity index is 1.59. The second-order valence-electron chi connectivity index (χ2n) is 6.17. The number of hydrogen-bond donors (Lipinski definition) is 1. The summed E-state index contributed by atoms with van der Waals surface area (Å²) in [6.07, 6.45) is 6.86. The van der Waals surface area contributed by atoms with Crippen LogP contribution in [0.25, 0.3) is 10.2 Å². The van der Waals surface area contributed by atoms with Gasteiger partial charge in [0.05, 0.1) is 19.8 Å². The molecule has 22 heavy (non-hydrogen) atoms. The van der Waals surface area contributed by atoms with E-state index in [-0.39, 0.29) is 0 Å². The summed E-state index contributed by atoms with van der Waals surface area (Å²) in [6, 6.07) is 0. The maximum atomic E-state index is 6.49. The minimum absolute atomic E-state index is 0.843. The van der Waals surface area contributed by atoms with Crippen LogP contribution < -0.4 is 10.3 Å². The molecular formula is C16H23N4OS+. The molecule has 2 aliphatic rings. The topological polar surface area (TPSA) is 55.3 Å². The Morgan fingerprint density at radius 1 is 1.27 bits per heavy atom. The van der Waals surface area contributed by atoms with Crippen LogP contribution in [0.5, 0.6) is 0 Å². The van der Waals surface area contributed by atoms with Crippen molar-refractivity contribution in [2.45, 2.75) is 32.2 Å². The van der Waals surface area contributed by atoms with Crippen LogP contribution in [-0.2, 0) is 24.1 Å². The number of nitrogen functional groups attached to an aromatic ring is 1.